The fourth-order valence-corrected chi connectivity index (χ4v) is 1.38. The number of rotatable bonds is 7. The van der Waals surface area contributed by atoms with Crippen molar-refractivity contribution in [3.05, 3.63) is 30.3 Å². The van der Waals surface area contributed by atoms with Gasteiger partial charge in [-0.2, -0.15) is 0 Å². The quantitative estimate of drug-likeness (QED) is 0.767. The van der Waals surface area contributed by atoms with Crippen LogP contribution in [-0.2, 0) is 4.74 Å². The van der Waals surface area contributed by atoms with Crippen LogP contribution in [0, 0.1) is 0 Å². The van der Waals surface area contributed by atoms with E-state index in [9.17, 15) is 0 Å². The largest absolute Gasteiger partial charge is 0.487 e. The number of ether oxygens (including phenoxy) is 2. The first-order valence-electron chi connectivity index (χ1n) is 5.66. The normalized spacial score (nSPS) is 12.8. The Labute approximate surface area is 97.8 Å². The monoisotopic (exact) mass is 223 g/mol. The van der Waals surface area contributed by atoms with E-state index < -0.39 is 0 Å². The second-order valence-corrected chi connectivity index (χ2v) is 4.07. The molecule has 0 aliphatic carbocycles. The predicted molar refractivity (Wildman–Crippen MR) is 65.9 cm³/mol. The van der Waals surface area contributed by atoms with Gasteiger partial charge in [-0.3, -0.25) is 0 Å². The Balaban J connectivity index is 2.44. The molecule has 0 aliphatic heterocycles. The number of benzene rings is 1. The maximum Gasteiger partial charge on any atom is 0.134 e. The molecule has 0 aromatic heterocycles. The molecule has 1 aromatic rings. The van der Waals surface area contributed by atoms with Crippen LogP contribution >= 0.6 is 0 Å². The lowest BCUT2D eigenvalue weighted by Crippen LogP contribution is -2.37. The van der Waals surface area contributed by atoms with Crippen LogP contribution in [0.5, 0.6) is 5.75 Å². The highest BCUT2D eigenvalue weighted by Gasteiger charge is 2.10. The molecule has 0 spiro atoms. The van der Waals surface area contributed by atoms with Crippen LogP contribution in [0.1, 0.15) is 13.8 Å². The van der Waals surface area contributed by atoms with E-state index in [4.69, 9.17) is 9.47 Å². The van der Waals surface area contributed by atoms with Crippen LogP contribution in [0.25, 0.3) is 0 Å². The summed E-state index contributed by atoms with van der Waals surface area (Å²) in [5.74, 6) is 0.884. The molecule has 1 aromatic carbocycles. The zero-order valence-electron chi connectivity index (χ0n) is 10.3. The molecule has 3 heteroatoms. The van der Waals surface area contributed by atoms with Gasteiger partial charge >= 0.3 is 0 Å². The molecule has 16 heavy (non-hydrogen) atoms. The Morgan fingerprint density at radius 2 is 1.88 bits per heavy atom. The van der Waals surface area contributed by atoms with Crippen molar-refractivity contribution < 1.29 is 9.47 Å². The van der Waals surface area contributed by atoms with Crippen molar-refractivity contribution in [2.75, 3.05) is 20.3 Å². The summed E-state index contributed by atoms with van der Waals surface area (Å²) < 4.78 is 11.0. The summed E-state index contributed by atoms with van der Waals surface area (Å²) in [5.41, 5.74) is 0. The SMILES string of the molecule is COCC(CNC(C)C)Oc1ccccc1. The van der Waals surface area contributed by atoms with Crippen molar-refractivity contribution >= 4 is 0 Å². The highest BCUT2D eigenvalue weighted by atomic mass is 16.5. The van der Waals surface area contributed by atoms with Gasteiger partial charge in [-0.1, -0.05) is 32.0 Å². The van der Waals surface area contributed by atoms with E-state index in [0.717, 1.165) is 12.3 Å². The van der Waals surface area contributed by atoms with Crippen LogP contribution < -0.4 is 10.1 Å². The van der Waals surface area contributed by atoms with E-state index in [0.29, 0.717) is 12.6 Å². The molecule has 0 fully saturated rings. The summed E-state index contributed by atoms with van der Waals surface area (Å²) in [6.45, 7) is 5.62. The summed E-state index contributed by atoms with van der Waals surface area (Å²) in [6.07, 6.45) is 0.0507. The zero-order valence-corrected chi connectivity index (χ0v) is 10.3. The fraction of sp³-hybridized carbons (Fsp3) is 0.538. The van der Waals surface area contributed by atoms with E-state index in [1.165, 1.54) is 0 Å². The average molecular weight is 223 g/mol. The molecule has 0 heterocycles. The topological polar surface area (TPSA) is 30.5 Å². The van der Waals surface area contributed by atoms with E-state index in [1.54, 1.807) is 7.11 Å². The highest BCUT2D eigenvalue weighted by Crippen LogP contribution is 2.10. The molecule has 0 radical (unpaired) electrons. The molecule has 0 saturated heterocycles. The van der Waals surface area contributed by atoms with Gasteiger partial charge in [-0.15, -0.1) is 0 Å². The molecule has 1 atom stereocenters. The minimum Gasteiger partial charge on any atom is -0.487 e. The minimum absolute atomic E-state index is 0.0507. The molecule has 0 bridgehead atoms. The molecule has 90 valence electrons. The van der Waals surface area contributed by atoms with Crippen molar-refractivity contribution in [2.24, 2.45) is 0 Å². The molecule has 3 nitrogen and oxygen atoms in total. The molecule has 1 rings (SSSR count). The number of para-hydroxylation sites is 1. The minimum atomic E-state index is 0.0507. The lowest BCUT2D eigenvalue weighted by atomic mass is 10.3. The van der Waals surface area contributed by atoms with Gasteiger partial charge in [0.2, 0.25) is 0 Å². The highest BCUT2D eigenvalue weighted by molar-refractivity contribution is 5.21. The summed E-state index contributed by atoms with van der Waals surface area (Å²) in [5, 5.41) is 3.35. The van der Waals surface area contributed by atoms with Crippen molar-refractivity contribution in [1.29, 1.82) is 0 Å². The molecule has 0 saturated carbocycles. The summed E-state index contributed by atoms with van der Waals surface area (Å²) >= 11 is 0. The lowest BCUT2D eigenvalue weighted by Gasteiger charge is -2.20. The molecule has 1 N–H and O–H groups in total. The lowest BCUT2D eigenvalue weighted by molar-refractivity contribution is 0.0794. The first kappa shape index (κ1) is 13.0. The first-order chi connectivity index (χ1) is 7.72. The molecule has 1 unspecified atom stereocenters. The van der Waals surface area contributed by atoms with E-state index in [2.05, 4.69) is 19.2 Å². The molecule has 0 aliphatic rings. The summed E-state index contributed by atoms with van der Waals surface area (Å²) in [4.78, 5) is 0. The third kappa shape index (κ3) is 5.14. The summed E-state index contributed by atoms with van der Waals surface area (Å²) in [6, 6.07) is 10.3. The van der Waals surface area contributed by atoms with Gasteiger partial charge < -0.3 is 14.8 Å². The maximum absolute atomic E-state index is 5.82. The zero-order chi connectivity index (χ0) is 11.8. The van der Waals surface area contributed by atoms with Crippen molar-refractivity contribution in [2.45, 2.75) is 26.0 Å². The number of nitrogens with one attached hydrogen (secondary N) is 1. The van der Waals surface area contributed by atoms with Gasteiger partial charge in [0.15, 0.2) is 0 Å². The second kappa shape index (κ2) is 7.25. The average Bonchev–Trinajstić information content (AvgIpc) is 2.27. The number of hydrogen-bond acceptors (Lipinski definition) is 3. The maximum atomic E-state index is 5.82. The van der Waals surface area contributed by atoms with Crippen molar-refractivity contribution in [3.8, 4) is 5.75 Å². The third-order valence-electron chi connectivity index (χ3n) is 2.15. The first-order valence-corrected chi connectivity index (χ1v) is 5.66. The van der Waals surface area contributed by atoms with E-state index in [1.807, 2.05) is 30.3 Å². The Hall–Kier alpha value is -1.06. The smallest absolute Gasteiger partial charge is 0.134 e. The predicted octanol–water partition coefficient (Wildman–Crippen LogP) is 2.08. The van der Waals surface area contributed by atoms with Crippen molar-refractivity contribution in [3.63, 3.8) is 0 Å². The van der Waals surface area contributed by atoms with E-state index in [-0.39, 0.29) is 6.10 Å². The Bertz CT molecular complexity index is 275. The Morgan fingerprint density at radius 1 is 1.19 bits per heavy atom. The summed E-state index contributed by atoms with van der Waals surface area (Å²) in [7, 11) is 1.69. The van der Waals surface area contributed by atoms with Gasteiger partial charge in [0, 0.05) is 19.7 Å². The standard InChI is InChI=1S/C13H21NO2/c1-11(2)14-9-13(10-15-3)16-12-7-5-4-6-8-12/h4-8,11,13-14H,9-10H2,1-3H3. The van der Waals surface area contributed by atoms with Crippen LogP contribution in [0.3, 0.4) is 0 Å². The van der Waals surface area contributed by atoms with Crippen LogP contribution in [-0.4, -0.2) is 32.4 Å². The van der Waals surface area contributed by atoms with E-state index >= 15 is 0 Å². The number of hydrogen-bond donors (Lipinski definition) is 1. The molecular formula is C13H21NO2. The number of methoxy groups -OCH3 is 1. The Morgan fingerprint density at radius 3 is 2.44 bits per heavy atom. The fourth-order valence-electron chi connectivity index (χ4n) is 1.38. The van der Waals surface area contributed by atoms with Crippen LogP contribution in [0.4, 0.5) is 0 Å². The third-order valence-corrected chi connectivity index (χ3v) is 2.15. The second-order valence-electron chi connectivity index (χ2n) is 4.07. The van der Waals surface area contributed by atoms with Crippen LogP contribution in [0.2, 0.25) is 0 Å². The van der Waals surface area contributed by atoms with Gasteiger partial charge in [0.1, 0.15) is 11.9 Å². The van der Waals surface area contributed by atoms with Gasteiger partial charge in [0.25, 0.3) is 0 Å². The van der Waals surface area contributed by atoms with Gasteiger partial charge in [0.05, 0.1) is 6.61 Å². The van der Waals surface area contributed by atoms with Gasteiger partial charge in [-0.05, 0) is 12.1 Å². The van der Waals surface area contributed by atoms with Gasteiger partial charge in [-0.25, -0.2) is 0 Å². The molecule has 0 amide bonds. The molecular weight excluding hydrogens is 202 g/mol. The Kier molecular flexibility index (Phi) is 5.90. The van der Waals surface area contributed by atoms with Crippen LogP contribution in [0.15, 0.2) is 30.3 Å². The van der Waals surface area contributed by atoms with Crippen molar-refractivity contribution in [1.82, 2.24) is 5.32 Å².